The highest BCUT2D eigenvalue weighted by Crippen LogP contribution is 2.29. The van der Waals surface area contributed by atoms with Crippen molar-refractivity contribution in [3.05, 3.63) is 58.1 Å². The van der Waals surface area contributed by atoms with Gasteiger partial charge in [0.1, 0.15) is 5.75 Å². The lowest BCUT2D eigenvalue weighted by Crippen LogP contribution is -2.30. The Morgan fingerprint density at radius 1 is 1.21 bits per heavy atom. The van der Waals surface area contributed by atoms with E-state index in [1.54, 1.807) is 18.2 Å². The fraction of sp³-hybridized carbons (Fsp3) is 0.263. The minimum Gasteiger partial charge on any atom is -0.494 e. The average Bonchev–Trinajstić information content (AvgIpc) is 2.72. The molecule has 0 unspecified atom stereocenters. The van der Waals surface area contributed by atoms with Crippen molar-refractivity contribution in [1.82, 2.24) is 0 Å². The molecule has 0 spiro atoms. The van der Waals surface area contributed by atoms with E-state index in [1.807, 2.05) is 0 Å². The van der Waals surface area contributed by atoms with Crippen molar-refractivity contribution in [3.63, 3.8) is 0 Å². The predicted molar refractivity (Wildman–Crippen MR) is 105 cm³/mol. The zero-order valence-corrected chi connectivity index (χ0v) is 15.9. The Balaban J connectivity index is 2.08. The molecular formula is C19H21N3O7. The molecule has 0 fully saturated rings. The first-order chi connectivity index (χ1) is 13.9. The number of para-hydroxylation sites is 1. The van der Waals surface area contributed by atoms with Crippen LogP contribution in [0.25, 0.3) is 0 Å². The summed E-state index contributed by atoms with van der Waals surface area (Å²) < 4.78 is 10.3. The van der Waals surface area contributed by atoms with Crippen LogP contribution < -0.4 is 15.4 Å². The number of nitro groups is 1. The highest BCUT2D eigenvalue weighted by Gasteiger charge is 2.22. The van der Waals surface area contributed by atoms with E-state index in [0.717, 1.165) is 0 Å². The third kappa shape index (κ3) is 5.66. The number of aliphatic hydroxyl groups excluding tert-OH is 1. The largest absolute Gasteiger partial charge is 0.494 e. The first-order valence-corrected chi connectivity index (χ1v) is 8.65. The van der Waals surface area contributed by atoms with Crippen LogP contribution in [0.4, 0.5) is 17.1 Å². The van der Waals surface area contributed by atoms with E-state index in [4.69, 9.17) is 14.6 Å². The number of ether oxygens (including phenoxy) is 2. The number of non-ortho nitro benzene ring substituents is 1. The molecule has 1 atom stereocenters. The van der Waals surface area contributed by atoms with Gasteiger partial charge in [-0.1, -0.05) is 12.1 Å². The van der Waals surface area contributed by atoms with Crippen LogP contribution in [0.1, 0.15) is 17.3 Å². The third-order valence-electron chi connectivity index (χ3n) is 3.88. The van der Waals surface area contributed by atoms with Gasteiger partial charge >= 0.3 is 5.97 Å². The van der Waals surface area contributed by atoms with E-state index >= 15 is 0 Å². The number of benzene rings is 2. The summed E-state index contributed by atoms with van der Waals surface area (Å²) in [7, 11) is 1.31. The minimum atomic E-state index is -1.15. The molecule has 0 heterocycles. The van der Waals surface area contributed by atoms with E-state index in [-0.39, 0.29) is 35.8 Å². The molecule has 1 amide bonds. The van der Waals surface area contributed by atoms with E-state index < -0.39 is 22.9 Å². The maximum atomic E-state index is 12.4. The van der Waals surface area contributed by atoms with Crippen molar-refractivity contribution in [1.29, 1.82) is 0 Å². The molecule has 3 N–H and O–H groups in total. The molecule has 0 radical (unpaired) electrons. The number of rotatable bonds is 9. The highest BCUT2D eigenvalue weighted by molar-refractivity contribution is 6.00. The van der Waals surface area contributed by atoms with Crippen molar-refractivity contribution in [2.45, 2.75) is 13.0 Å². The average molecular weight is 403 g/mol. The van der Waals surface area contributed by atoms with Crippen LogP contribution in [0.2, 0.25) is 0 Å². The second-order valence-electron chi connectivity index (χ2n) is 5.87. The number of anilines is 2. The number of carbonyl (C=O) groups is 2. The SMILES string of the molecule is COc1cc([N+](=O)[O-])ccc1NC(=O)[C@H](C)OC(=O)c1ccccc1NCCO. The molecule has 2 rings (SSSR count). The summed E-state index contributed by atoms with van der Waals surface area (Å²) in [5.41, 5.74) is 0.701. The number of amides is 1. The number of aliphatic hydroxyl groups is 1. The zero-order chi connectivity index (χ0) is 21.4. The zero-order valence-electron chi connectivity index (χ0n) is 15.9. The molecule has 154 valence electrons. The summed E-state index contributed by atoms with van der Waals surface area (Å²) in [4.78, 5) is 35.1. The molecule has 0 saturated heterocycles. The fourth-order valence-electron chi connectivity index (χ4n) is 2.41. The van der Waals surface area contributed by atoms with E-state index in [2.05, 4.69) is 10.6 Å². The smallest absolute Gasteiger partial charge is 0.341 e. The molecule has 0 aliphatic heterocycles. The Morgan fingerprint density at radius 2 is 1.93 bits per heavy atom. The number of methoxy groups -OCH3 is 1. The molecular weight excluding hydrogens is 382 g/mol. The van der Waals surface area contributed by atoms with Crippen molar-refractivity contribution >= 4 is 28.9 Å². The van der Waals surface area contributed by atoms with Crippen LogP contribution in [0.5, 0.6) is 5.75 Å². The van der Waals surface area contributed by atoms with Crippen molar-refractivity contribution in [2.24, 2.45) is 0 Å². The van der Waals surface area contributed by atoms with Gasteiger partial charge < -0.3 is 25.2 Å². The molecule has 2 aromatic rings. The van der Waals surface area contributed by atoms with Gasteiger partial charge in [-0.15, -0.1) is 0 Å². The van der Waals surface area contributed by atoms with Gasteiger partial charge in [-0.3, -0.25) is 14.9 Å². The molecule has 0 aliphatic carbocycles. The lowest BCUT2D eigenvalue weighted by atomic mass is 10.1. The maximum Gasteiger partial charge on any atom is 0.341 e. The molecule has 0 aliphatic rings. The number of nitrogens with one attached hydrogen (secondary N) is 2. The first-order valence-electron chi connectivity index (χ1n) is 8.65. The molecule has 2 aromatic carbocycles. The maximum absolute atomic E-state index is 12.4. The normalized spacial score (nSPS) is 11.3. The number of nitrogens with zero attached hydrogens (tertiary/aromatic N) is 1. The summed E-state index contributed by atoms with van der Waals surface area (Å²) in [6, 6.07) is 10.3. The van der Waals surface area contributed by atoms with Gasteiger partial charge in [0.15, 0.2) is 6.10 Å². The van der Waals surface area contributed by atoms with Crippen LogP contribution in [0, 0.1) is 10.1 Å². The van der Waals surface area contributed by atoms with Gasteiger partial charge in [0.05, 0.1) is 36.0 Å². The summed E-state index contributed by atoms with van der Waals surface area (Å²) in [5.74, 6) is -1.25. The van der Waals surface area contributed by atoms with Crippen LogP contribution in [0.15, 0.2) is 42.5 Å². The number of hydrogen-bond donors (Lipinski definition) is 3. The first kappa shape index (κ1) is 21.6. The second-order valence-corrected chi connectivity index (χ2v) is 5.87. The molecule has 0 bridgehead atoms. The van der Waals surface area contributed by atoms with Gasteiger partial charge in [0.25, 0.3) is 11.6 Å². The van der Waals surface area contributed by atoms with Gasteiger partial charge in [-0.05, 0) is 25.1 Å². The predicted octanol–water partition coefficient (Wildman–Crippen LogP) is 2.19. The van der Waals surface area contributed by atoms with Gasteiger partial charge in [0, 0.05) is 18.3 Å². The van der Waals surface area contributed by atoms with E-state index in [9.17, 15) is 19.7 Å². The van der Waals surface area contributed by atoms with Gasteiger partial charge in [-0.2, -0.15) is 0 Å². The summed E-state index contributed by atoms with van der Waals surface area (Å²) in [5, 5.41) is 25.2. The van der Waals surface area contributed by atoms with Crippen molar-refractivity contribution in [2.75, 3.05) is 30.9 Å². The Labute approximate surface area is 166 Å². The number of hydrogen-bond acceptors (Lipinski definition) is 8. The van der Waals surface area contributed by atoms with Gasteiger partial charge in [-0.25, -0.2) is 4.79 Å². The van der Waals surface area contributed by atoms with Crippen LogP contribution in [0.3, 0.4) is 0 Å². The summed E-state index contributed by atoms with van der Waals surface area (Å²) in [6.45, 7) is 1.54. The molecule has 0 saturated carbocycles. The quantitative estimate of drug-likeness (QED) is 0.329. The Morgan fingerprint density at radius 3 is 2.59 bits per heavy atom. The number of carbonyl (C=O) groups excluding carboxylic acids is 2. The lowest BCUT2D eigenvalue weighted by Gasteiger charge is -2.16. The highest BCUT2D eigenvalue weighted by atomic mass is 16.6. The third-order valence-corrected chi connectivity index (χ3v) is 3.88. The van der Waals surface area contributed by atoms with E-state index in [1.165, 1.54) is 38.3 Å². The van der Waals surface area contributed by atoms with Gasteiger partial charge in [0.2, 0.25) is 0 Å². The molecule has 0 aromatic heterocycles. The molecule has 29 heavy (non-hydrogen) atoms. The summed E-state index contributed by atoms with van der Waals surface area (Å²) in [6.07, 6.45) is -1.15. The Kier molecular flexibility index (Phi) is 7.49. The molecule has 10 heteroatoms. The van der Waals surface area contributed by atoms with E-state index in [0.29, 0.717) is 5.69 Å². The second kappa shape index (κ2) is 10.0. The van der Waals surface area contributed by atoms with Crippen LogP contribution in [-0.4, -0.2) is 48.3 Å². The number of nitro benzene ring substituents is 1. The van der Waals surface area contributed by atoms with Crippen LogP contribution in [-0.2, 0) is 9.53 Å². The van der Waals surface area contributed by atoms with Crippen molar-refractivity contribution in [3.8, 4) is 5.75 Å². The Hall–Kier alpha value is -3.66. The monoisotopic (exact) mass is 403 g/mol. The summed E-state index contributed by atoms with van der Waals surface area (Å²) >= 11 is 0. The lowest BCUT2D eigenvalue weighted by molar-refractivity contribution is -0.384. The van der Waals surface area contributed by atoms with Crippen LogP contribution >= 0.6 is 0 Å². The molecule has 10 nitrogen and oxygen atoms in total. The number of esters is 1. The standard InChI is InChI=1S/C19H21N3O7/c1-12(29-19(25)14-5-3-4-6-15(14)20-9-10-23)18(24)21-16-8-7-13(22(26)27)11-17(16)28-2/h3-8,11-12,20,23H,9-10H2,1-2H3,(H,21,24)/t12-/m0/s1. The van der Waals surface area contributed by atoms with Crippen molar-refractivity contribution < 1.29 is 29.1 Å². The fourth-order valence-corrected chi connectivity index (χ4v) is 2.41. The Bertz CT molecular complexity index is 901. The minimum absolute atomic E-state index is 0.102. The topological polar surface area (TPSA) is 140 Å².